The molecule has 1 aliphatic heterocycles. The summed E-state index contributed by atoms with van der Waals surface area (Å²) in [5, 5.41) is 6.25. The molecule has 1 aromatic rings. The summed E-state index contributed by atoms with van der Waals surface area (Å²) in [4.78, 5) is 22.7. The fraction of sp³-hybridized carbons (Fsp3) is 0.357. The van der Waals surface area contributed by atoms with Crippen LogP contribution in [0.25, 0.3) is 0 Å². The monoisotopic (exact) mass is 293 g/mol. The highest BCUT2D eigenvalue weighted by Gasteiger charge is 2.14. The van der Waals surface area contributed by atoms with Crippen molar-refractivity contribution in [1.82, 2.24) is 5.43 Å². The van der Waals surface area contributed by atoms with Gasteiger partial charge in [0.25, 0.3) is 0 Å². The lowest BCUT2D eigenvalue weighted by atomic mass is 10.0. The molecule has 0 bridgehead atoms. The lowest BCUT2D eigenvalue weighted by molar-refractivity contribution is -0.121. The molecule has 2 rings (SSSR count). The first-order valence-electron chi connectivity index (χ1n) is 6.51. The number of carbonyl (C=O) groups is 2. The maximum absolute atomic E-state index is 11.7. The van der Waals surface area contributed by atoms with Gasteiger partial charge >= 0.3 is 0 Å². The fourth-order valence-corrected chi connectivity index (χ4v) is 1.89. The third-order valence-corrected chi connectivity index (χ3v) is 3.54. The number of benzene rings is 1. The zero-order valence-electron chi connectivity index (χ0n) is 11.1. The molecule has 2 N–H and O–H groups in total. The molecule has 1 atom stereocenters. The van der Waals surface area contributed by atoms with Gasteiger partial charge in [-0.05, 0) is 24.1 Å². The predicted molar refractivity (Wildman–Crippen MR) is 78.9 cm³/mol. The highest BCUT2D eigenvalue weighted by molar-refractivity contribution is 6.32. The van der Waals surface area contributed by atoms with Crippen molar-refractivity contribution in [1.29, 1.82) is 0 Å². The molecule has 0 fully saturated rings. The average Bonchev–Trinajstić information content (AvgIpc) is 2.48. The second-order valence-electron chi connectivity index (χ2n) is 4.54. The van der Waals surface area contributed by atoms with Crippen molar-refractivity contribution < 1.29 is 9.59 Å². The minimum absolute atomic E-state index is 0.0645. The van der Waals surface area contributed by atoms with Crippen molar-refractivity contribution in [2.45, 2.75) is 31.6 Å². The molecule has 1 aromatic carbocycles. The first kappa shape index (κ1) is 14.5. The van der Waals surface area contributed by atoms with Crippen LogP contribution >= 0.6 is 11.6 Å². The molecule has 0 saturated heterocycles. The number of rotatable bonds is 4. The normalized spacial score (nSPS) is 16.1. The molecule has 1 heterocycles. The minimum atomic E-state index is -0.521. The van der Waals surface area contributed by atoms with E-state index < -0.39 is 5.38 Å². The molecule has 106 valence electrons. The number of hydrazone groups is 1. The fourth-order valence-electron chi connectivity index (χ4n) is 1.83. The lowest BCUT2D eigenvalue weighted by Crippen LogP contribution is -2.26. The summed E-state index contributed by atoms with van der Waals surface area (Å²) in [6, 6.07) is 7.32. The zero-order valence-corrected chi connectivity index (χ0v) is 11.9. The minimum Gasteiger partial charge on any atom is -0.325 e. The summed E-state index contributed by atoms with van der Waals surface area (Å²) in [5.74, 6) is -0.269. The quantitative estimate of drug-likeness (QED) is 0.836. The summed E-state index contributed by atoms with van der Waals surface area (Å²) in [6.07, 6.45) is 1.65. The van der Waals surface area contributed by atoms with Crippen LogP contribution in [0.5, 0.6) is 0 Å². The SMILES string of the molecule is CCC(Cl)C(=O)Nc1ccc(C2=NNC(=O)CC2)cc1. The van der Waals surface area contributed by atoms with E-state index >= 15 is 0 Å². The van der Waals surface area contributed by atoms with Crippen molar-refractivity contribution in [3.63, 3.8) is 0 Å². The van der Waals surface area contributed by atoms with E-state index in [0.717, 1.165) is 11.3 Å². The van der Waals surface area contributed by atoms with Gasteiger partial charge in [-0.2, -0.15) is 5.10 Å². The van der Waals surface area contributed by atoms with Crippen molar-refractivity contribution in [3.05, 3.63) is 29.8 Å². The molecule has 6 heteroatoms. The van der Waals surface area contributed by atoms with Crippen LogP contribution < -0.4 is 10.7 Å². The lowest BCUT2D eigenvalue weighted by Gasteiger charge is -2.13. The van der Waals surface area contributed by atoms with Gasteiger partial charge in [0.05, 0.1) is 5.71 Å². The van der Waals surface area contributed by atoms with Crippen molar-refractivity contribution in [2.75, 3.05) is 5.32 Å². The van der Waals surface area contributed by atoms with Crippen LogP contribution in [-0.2, 0) is 9.59 Å². The predicted octanol–water partition coefficient (Wildman–Crippen LogP) is 2.26. The van der Waals surface area contributed by atoms with Crippen LogP contribution in [0.2, 0.25) is 0 Å². The first-order valence-corrected chi connectivity index (χ1v) is 6.94. The van der Waals surface area contributed by atoms with Crippen LogP contribution in [-0.4, -0.2) is 22.9 Å². The molecule has 2 amide bonds. The maximum atomic E-state index is 11.7. The Kier molecular flexibility index (Phi) is 4.74. The highest BCUT2D eigenvalue weighted by atomic mass is 35.5. The van der Waals surface area contributed by atoms with Crippen molar-refractivity contribution in [2.24, 2.45) is 5.10 Å². The van der Waals surface area contributed by atoms with Crippen molar-refractivity contribution >= 4 is 34.8 Å². The van der Waals surface area contributed by atoms with Gasteiger partial charge in [-0.1, -0.05) is 19.1 Å². The molecule has 0 aliphatic carbocycles. The van der Waals surface area contributed by atoms with Crippen molar-refractivity contribution in [3.8, 4) is 0 Å². The Morgan fingerprint density at radius 3 is 2.65 bits per heavy atom. The largest absolute Gasteiger partial charge is 0.325 e. The van der Waals surface area contributed by atoms with E-state index in [1.165, 1.54) is 0 Å². The first-order chi connectivity index (χ1) is 9.60. The van der Waals surface area contributed by atoms with Gasteiger partial charge in [-0.25, -0.2) is 5.43 Å². The van der Waals surface area contributed by atoms with Crippen LogP contribution in [0, 0.1) is 0 Å². The maximum Gasteiger partial charge on any atom is 0.242 e. The number of hydrogen-bond acceptors (Lipinski definition) is 3. The molecule has 20 heavy (non-hydrogen) atoms. The summed E-state index contributed by atoms with van der Waals surface area (Å²) in [6.45, 7) is 1.86. The summed E-state index contributed by atoms with van der Waals surface area (Å²) in [7, 11) is 0. The number of amides is 2. The molecule has 0 radical (unpaired) electrons. The standard InChI is InChI=1S/C14H16ClN3O2/c1-2-11(15)14(20)16-10-5-3-9(4-6-10)12-7-8-13(19)18-17-12/h3-6,11H,2,7-8H2,1H3,(H,16,20)(H,18,19). The third kappa shape index (κ3) is 3.57. The van der Waals surface area contributed by atoms with E-state index in [4.69, 9.17) is 11.6 Å². The van der Waals surface area contributed by atoms with Gasteiger partial charge in [0.2, 0.25) is 11.8 Å². The van der Waals surface area contributed by atoms with Gasteiger partial charge in [0.15, 0.2) is 0 Å². The van der Waals surface area contributed by atoms with E-state index in [-0.39, 0.29) is 11.8 Å². The number of halogens is 1. The Bertz CT molecular complexity index is 540. The van der Waals surface area contributed by atoms with Gasteiger partial charge in [-0.3, -0.25) is 9.59 Å². The number of nitrogens with zero attached hydrogens (tertiary/aromatic N) is 1. The van der Waals surface area contributed by atoms with Crippen LogP contribution in [0.3, 0.4) is 0 Å². The van der Waals surface area contributed by atoms with E-state index in [9.17, 15) is 9.59 Å². The van der Waals surface area contributed by atoms with E-state index in [1.54, 1.807) is 12.1 Å². The number of nitrogens with one attached hydrogen (secondary N) is 2. The molecule has 1 aliphatic rings. The van der Waals surface area contributed by atoms with Crippen LogP contribution in [0.4, 0.5) is 5.69 Å². The van der Waals surface area contributed by atoms with Gasteiger partial charge in [-0.15, -0.1) is 11.6 Å². The third-order valence-electron chi connectivity index (χ3n) is 3.03. The highest BCUT2D eigenvalue weighted by Crippen LogP contribution is 2.15. The summed E-state index contributed by atoms with van der Waals surface area (Å²) >= 11 is 5.86. The molecule has 1 unspecified atom stereocenters. The second-order valence-corrected chi connectivity index (χ2v) is 5.06. The Morgan fingerprint density at radius 2 is 2.10 bits per heavy atom. The van der Waals surface area contributed by atoms with Gasteiger partial charge in [0, 0.05) is 18.5 Å². The van der Waals surface area contributed by atoms with Crippen LogP contribution in [0.15, 0.2) is 29.4 Å². The Balaban J connectivity index is 2.03. The Hall–Kier alpha value is -1.88. The van der Waals surface area contributed by atoms with Gasteiger partial charge in [0.1, 0.15) is 5.38 Å². The number of hydrogen-bond donors (Lipinski definition) is 2. The van der Waals surface area contributed by atoms with Gasteiger partial charge < -0.3 is 5.32 Å². The average molecular weight is 294 g/mol. The molecule has 0 aromatic heterocycles. The smallest absolute Gasteiger partial charge is 0.242 e. The topological polar surface area (TPSA) is 70.6 Å². The van der Waals surface area contributed by atoms with E-state index in [1.807, 2.05) is 19.1 Å². The number of anilines is 1. The summed E-state index contributed by atoms with van der Waals surface area (Å²) < 4.78 is 0. The molecule has 0 saturated carbocycles. The Labute approximate surface area is 122 Å². The Morgan fingerprint density at radius 1 is 1.40 bits per heavy atom. The van der Waals surface area contributed by atoms with E-state index in [2.05, 4.69) is 15.8 Å². The molecular formula is C14H16ClN3O2. The molecule has 0 spiro atoms. The molecular weight excluding hydrogens is 278 g/mol. The second kappa shape index (κ2) is 6.52. The van der Waals surface area contributed by atoms with E-state index in [0.29, 0.717) is 24.9 Å². The number of alkyl halides is 1. The zero-order chi connectivity index (χ0) is 14.5. The number of carbonyl (C=O) groups excluding carboxylic acids is 2. The summed E-state index contributed by atoms with van der Waals surface area (Å²) in [5.41, 5.74) is 4.93. The molecule has 5 nitrogen and oxygen atoms in total. The van der Waals surface area contributed by atoms with Crippen LogP contribution in [0.1, 0.15) is 31.7 Å².